The summed E-state index contributed by atoms with van der Waals surface area (Å²) >= 11 is 11.5. The number of rotatable bonds is 4. The zero-order valence-electron chi connectivity index (χ0n) is 13.0. The highest BCUT2D eigenvalue weighted by molar-refractivity contribution is 7.80. The minimum absolute atomic E-state index is 0.525. The quantitative estimate of drug-likeness (QED) is 0.717. The average molecular weight is 346 g/mol. The molecular weight excluding hydrogens is 326 g/mol. The molecule has 2 aromatic carbocycles. The minimum Gasteiger partial charge on any atom is -0.489 e. The number of thiocarbonyl (C=S) groups is 1. The lowest BCUT2D eigenvalue weighted by Crippen LogP contribution is -2.34. The first-order valence-electron chi connectivity index (χ1n) is 7.99. The normalized spacial score (nSPS) is 14.6. The summed E-state index contributed by atoms with van der Waals surface area (Å²) in [5, 5.41) is 0.739. The van der Waals surface area contributed by atoms with Crippen LogP contribution in [0.1, 0.15) is 30.4 Å². The Balaban J connectivity index is 1.64. The molecular formula is C19H20ClNOS. The van der Waals surface area contributed by atoms with Crippen molar-refractivity contribution in [3.05, 3.63) is 64.7 Å². The van der Waals surface area contributed by atoms with Crippen LogP contribution in [0.25, 0.3) is 0 Å². The fourth-order valence-corrected chi connectivity index (χ4v) is 3.18. The first-order valence-corrected chi connectivity index (χ1v) is 8.77. The zero-order chi connectivity index (χ0) is 16.1. The van der Waals surface area contributed by atoms with E-state index in [0.29, 0.717) is 6.61 Å². The SMILES string of the molecule is S=C(c1cccc(OCc2ccc(Cl)cc2)c1)N1CCCCC1. The van der Waals surface area contributed by atoms with E-state index in [1.165, 1.54) is 19.3 Å². The Bertz CT molecular complexity index is 665. The first kappa shape index (κ1) is 16.3. The molecule has 2 nitrogen and oxygen atoms in total. The van der Waals surface area contributed by atoms with Crippen LogP contribution in [0.4, 0.5) is 0 Å². The molecule has 0 N–H and O–H groups in total. The van der Waals surface area contributed by atoms with Gasteiger partial charge in [0.25, 0.3) is 0 Å². The molecule has 0 spiro atoms. The average Bonchev–Trinajstić information content (AvgIpc) is 2.61. The summed E-state index contributed by atoms with van der Waals surface area (Å²) in [5.74, 6) is 0.844. The molecule has 4 heteroatoms. The van der Waals surface area contributed by atoms with Gasteiger partial charge >= 0.3 is 0 Å². The maximum absolute atomic E-state index is 5.90. The standard InChI is InChI=1S/C19H20ClNOS/c20-17-9-7-15(8-10-17)14-22-18-6-4-5-16(13-18)19(23)21-11-2-1-3-12-21/h4-10,13H,1-3,11-12,14H2. The van der Waals surface area contributed by atoms with E-state index in [9.17, 15) is 0 Å². The molecule has 120 valence electrons. The molecule has 0 atom stereocenters. The second-order valence-electron chi connectivity index (χ2n) is 5.80. The van der Waals surface area contributed by atoms with Crippen molar-refractivity contribution in [3.8, 4) is 5.75 Å². The number of nitrogens with zero attached hydrogens (tertiary/aromatic N) is 1. The molecule has 1 saturated heterocycles. The van der Waals surface area contributed by atoms with E-state index in [2.05, 4.69) is 11.0 Å². The van der Waals surface area contributed by atoms with Gasteiger partial charge in [-0.3, -0.25) is 0 Å². The van der Waals surface area contributed by atoms with Gasteiger partial charge in [-0.05, 0) is 49.1 Å². The molecule has 1 heterocycles. The number of likely N-dealkylation sites (tertiary alicyclic amines) is 1. The Morgan fingerprint density at radius 3 is 2.52 bits per heavy atom. The van der Waals surface area contributed by atoms with Crippen molar-refractivity contribution in [2.24, 2.45) is 0 Å². The Hall–Kier alpha value is -1.58. The van der Waals surface area contributed by atoms with E-state index in [1.807, 2.05) is 42.5 Å². The van der Waals surface area contributed by atoms with Gasteiger partial charge in [-0.25, -0.2) is 0 Å². The van der Waals surface area contributed by atoms with Crippen LogP contribution >= 0.6 is 23.8 Å². The second-order valence-corrected chi connectivity index (χ2v) is 6.62. The third-order valence-electron chi connectivity index (χ3n) is 4.04. The van der Waals surface area contributed by atoms with Gasteiger partial charge in [-0.15, -0.1) is 0 Å². The molecule has 0 radical (unpaired) electrons. The Kier molecular flexibility index (Phi) is 5.52. The maximum Gasteiger partial charge on any atom is 0.120 e. The minimum atomic E-state index is 0.525. The monoisotopic (exact) mass is 345 g/mol. The highest BCUT2D eigenvalue weighted by Crippen LogP contribution is 2.20. The number of hydrogen-bond acceptors (Lipinski definition) is 2. The number of halogens is 1. The van der Waals surface area contributed by atoms with Crippen LogP contribution in [-0.4, -0.2) is 23.0 Å². The Labute approximate surface area is 148 Å². The van der Waals surface area contributed by atoms with E-state index in [0.717, 1.165) is 40.0 Å². The summed E-state index contributed by atoms with van der Waals surface area (Å²) in [4.78, 5) is 3.23. The van der Waals surface area contributed by atoms with Crippen LogP contribution in [0.5, 0.6) is 5.75 Å². The molecule has 0 aromatic heterocycles. The summed E-state index contributed by atoms with van der Waals surface area (Å²) in [6, 6.07) is 15.8. The van der Waals surface area contributed by atoms with Gasteiger partial charge in [-0.1, -0.05) is 48.1 Å². The first-order chi connectivity index (χ1) is 11.2. The summed E-state index contributed by atoms with van der Waals surface area (Å²) in [6.45, 7) is 2.65. The molecule has 1 aliphatic rings. The lowest BCUT2D eigenvalue weighted by atomic mass is 10.1. The van der Waals surface area contributed by atoms with E-state index >= 15 is 0 Å². The van der Waals surface area contributed by atoms with Gasteiger partial charge in [-0.2, -0.15) is 0 Å². The smallest absolute Gasteiger partial charge is 0.120 e. The van der Waals surface area contributed by atoms with Crippen molar-refractivity contribution in [1.82, 2.24) is 4.90 Å². The maximum atomic E-state index is 5.90. The fourth-order valence-electron chi connectivity index (χ4n) is 2.75. The van der Waals surface area contributed by atoms with Gasteiger partial charge in [0.1, 0.15) is 17.3 Å². The molecule has 23 heavy (non-hydrogen) atoms. The lowest BCUT2D eigenvalue weighted by Gasteiger charge is -2.29. The largest absolute Gasteiger partial charge is 0.489 e. The van der Waals surface area contributed by atoms with Crippen molar-refractivity contribution >= 4 is 28.8 Å². The van der Waals surface area contributed by atoms with Gasteiger partial charge in [0.05, 0.1) is 0 Å². The van der Waals surface area contributed by atoms with Crippen LogP contribution in [0.15, 0.2) is 48.5 Å². The van der Waals surface area contributed by atoms with Crippen LogP contribution in [0.2, 0.25) is 5.02 Å². The third kappa shape index (κ3) is 4.46. The van der Waals surface area contributed by atoms with Crippen molar-refractivity contribution < 1.29 is 4.74 Å². The highest BCUT2D eigenvalue weighted by Gasteiger charge is 2.15. The van der Waals surface area contributed by atoms with Crippen LogP contribution < -0.4 is 4.74 Å². The predicted octanol–water partition coefficient (Wildman–Crippen LogP) is 5.08. The lowest BCUT2D eigenvalue weighted by molar-refractivity contribution is 0.306. The van der Waals surface area contributed by atoms with E-state index < -0.39 is 0 Å². The number of hydrogen-bond donors (Lipinski definition) is 0. The highest BCUT2D eigenvalue weighted by atomic mass is 35.5. The summed E-state index contributed by atoms with van der Waals surface area (Å²) in [7, 11) is 0. The second kappa shape index (κ2) is 7.80. The zero-order valence-corrected chi connectivity index (χ0v) is 14.6. The van der Waals surface area contributed by atoms with Crippen molar-refractivity contribution in [1.29, 1.82) is 0 Å². The molecule has 2 aromatic rings. The van der Waals surface area contributed by atoms with Gasteiger partial charge in [0.2, 0.25) is 0 Å². The molecule has 0 aliphatic carbocycles. The van der Waals surface area contributed by atoms with Crippen LogP contribution in [0.3, 0.4) is 0 Å². The molecule has 3 rings (SSSR count). The van der Waals surface area contributed by atoms with E-state index in [-0.39, 0.29) is 0 Å². The van der Waals surface area contributed by atoms with Gasteiger partial charge in [0, 0.05) is 23.7 Å². The van der Waals surface area contributed by atoms with Gasteiger partial charge < -0.3 is 9.64 Å². The topological polar surface area (TPSA) is 12.5 Å². The summed E-state index contributed by atoms with van der Waals surface area (Å²) < 4.78 is 5.89. The fraction of sp³-hybridized carbons (Fsp3) is 0.316. The summed E-state index contributed by atoms with van der Waals surface area (Å²) in [6.07, 6.45) is 3.77. The van der Waals surface area contributed by atoms with Crippen molar-refractivity contribution in [2.45, 2.75) is 25.9 Å². The number of piperidine rings is 1. The molecule has 1 aliphatic heterocycles. The molecule has 0 saturated carbocycles. The third-order valence-corrected chi connectivity index (χ3v) is 4.79. The predicted molar refractivity (Wildman–Crippen MR) is 99.4 cm³/mol. The molecule has 0 unspecified atom stereocenters. The van der Waals surface area contributed by atoms with Crippen molar-refractivity contribution in [2.75, 3.05) is 13.1 Å². The Morgan fingerprint density at radius 1 is 1.04 bits per heavy atom. The Morgan fingerprint density at radius 2 is 1.78 bits per heavy atom. The van der Waals surface area contributed by atoms with E-state index in [1.54, 1.807) is 0 Å². The van der Waals surface area contributed by atoms with Crippen LogP contribution in [-0.2, 0) is 6.61 Å². The molecule has 0 bridgehead atoms. The summed E-state index contributed by atoms with van der Waals surface area (Å²) in [5.41, 5.74) is 2.16. The number of ether oxygens (including phenoxy) is 1. The number of benzene rings is 2. The van der Waals surface area contributed by atoms with Crippen LogP contribution in [0, 0.1) is 0 Å². The van der Waals surface area contributed by atoms with Gasteiger partial charge in [0.15, 0.2) is 0 Å². The van der Waals surface area contributed by atoms with Crippen molar-refractivity contribution in [3.63, 3.8) is 0 Å². The molecule has 0 amide bonds. The molecule has 1 fully saturated rings. The van der Waals surface area contributed by atoms with E-state index in [4.69, 9.17) is 28.6 Å².